The van der Waals surface area contributed by atoms with Crippen molar-refractivity contribution < 1.29 is 14.7 Å². The molecule has 1 amide bonds. The summed E-state index contributed by atoms with van der Waals surface area (Å²) in [6, 6.07) is 7.69. The second-order valence-electron chi connectivity index (χ2n) is 3.79. The molecule has 1 aromatic heterocycles. The highest BCUT2D eigenvalue weighted by atomic mass is 79.9. The minimum absolute atomic E-state index is 0.0533. The van der Waals surface area contributed by atoms with Crippen LogP contribution in [0.15, 0.2) is 34.8 Å². The number of nitrogens with one attached hydrogen (secondary N) is 1. The number of carboxylic acids is 1. The van der Waals surface area contributed by atoms with Gasteiger partial charge in [-0.2, -0.15) is 0 Å². The molecule has 0 fully saturated rings. The number of carbonyl (C=O) groups excluding carboxylic acids is 1. The molecule has 20 heavy (non-hydrogen) atoms. The van der Waals surface area contributed by atoms with Crippen LogP contribution in [0, 0.1) is 0 Å². The Bertz CT molecular complexity index is 673. The van der Waals surface area contributed by atoms with E-state index >= 15 is 0 Å². The highest BCUT2D eigenvalue weighted by molar-refractivity contribution is 9.10. The maximum Gasteiger partial charge on any atom is 0.336 e. The van der Waals surface area contributed by atoms with Crippen LogP contribution in [-0.2, 0) is 0 Å². The van der Waals surface area contributed by atoms with E-state index in [0.717, 1.165) is 0 Å². The SMILES string of the molecule is NC(=O)c1ccc(Nc2ccc(Br)c(C(=O)O)c2)nn1. The molecule has 8 heteroatoms. The van der Waals surface area contributed by atoms with E-state index in [1.165, 1.54) is 18.2 Å². The number of primary amides is 1. The van der Waals surface area contributed by atoms with Crippen LogP contribution in [-0.4, -0.2) is 27.2 Å². The van der Waals surface area contributed by atoms with Crippen molar-refractivity contribution in [3.8, 4) is 0 Å². The van der Waals surface area contributed by atoms with Crippen molar-refractivity contribution in [2.75, 3.05) is 5.32 Å². The van der Waals surface area contributed by atoms with Gasteiger partial charge < -0.3 is 16.2 Å². The zero-order chi connectivity index (χ0) is 14.7. The Morgan fingerprint density at radius 3 is 2.50 bits per heavy atom. The van der Waals surface area contributed by atoms with E-state index in [1.807, 2.05) is 0 Å². The third-order valence-electron chi connectivity index (χ3n) is 2.39. The monoisotopic (exact) mass is 336 g/mol. The van der Waals surface area contributed by atoms with Crippen molar-refractivity contribution in [3.63, 3.8) is 0 Å². The fraction of sp³-hybridized carbons (Fsp3) is 0. The number of carbonyl (C=O) groups is 2. The van der Waals surface area contributed by atoms with Crippen molar-refractivity contribution in [1.82, 2.24) is 10.2 Å². The summed E-state index contributed by atoms with van der Waals surface area (Å²) < 4.78 is 0.478. The summed E-state index contributed by atoms with van der Waals surface area (Å²) in [5.41, 5.74) is 5.76. The second-order valence-corrected chi connectivity index (χ2v) is 4.65. The van der Waals surface area contributed by atoms with E-state index in [9.17, 15) is 9.59 Å². The molecule has 0 saturated heterocycles. The molecule has 0 aliphatic carbocycles. The van der Waals surface area contributed by atoms with Gasteiger partial charge in [-0.1, -0.05) is 0 Å². The van der Waals surface area contributed by atoms with E-state index in [2.05, 4.69) is 31.4 Å². The standard InChI is InChI=1S/C12H9BrN4O3/c13-8-2-1-6(5-7(8)12(19)20)15-10-4-3-9(11(14)18)16-17-10/h1-5H,(H2,14,18)(H,15,17)(H,19,20). The van der Waals surface area contributed by atoms with Crippen molar-refractivity contribution in [1.29, 1.82) is 0 Å². The first kappa shape index (κ1) is 13.9. The van der Waals surface area contributed by atoms with Crippen molar-refractivity contribution in [3.05, 3.63) is 46.1 Å². The summed E-state index contributed by atoms with van der Waals surface area (Å²) in [5.74, 6) is -1.34. The topological polar surface area (TPSA) is 118 Å². The predicted octanol–water partition coefficient (Wildman–Crippen LogP) is 1.78. The smallest absolute Gasteiger partial charge is 0.336 e. The number of benzene rings is 1. The van der Waals surface area contributed by atoms with Gasteiger partial charge in [0.25, 0.3) is 5.91 Å². The van der Waals surface area contributed by atoms with E-state index in [1.54, 1.807) is 12.1 Å². The molecule has 102 valence electrons. The van der Waals surface area contributed by atoms with Gasteiger partial charge in [-0.25, -0.2) is 4.79 Å². The van der Waals surface area contributed by atoms with Gasteiger partial charge in [0.05, 0.1) is 5.56 Å². The highest BCUT2D eigenvalue weighted by Crippen LogP contribution is 2.23. The molecule has 4 N–H and O–H groups in total. The lowest BCUT2D eigenvalue weighted by atomic mass is 10.2. The van der Waals surface area contributed by atoms with Crippen LogP contribution in [0.25, 0.3) is 0 Å². The third kappa shape index (κ3) is 3.09. The van der Waals surface area contributed by atoms with Gasteiger partial charge >= 0.3 is 5.97 Å². The third-order valence-corrected chi connectivity index (χ3v) is 3.08. The Morgan fingerprint density at radius 1 is 1.20 bits per heavy atom. The molecule has 0 unspecified atom stereocenters. The summed E-state index contributed by atoms with van der Waals surface area (Å²) in [7, 11) is 0. The normalized spacial score (nSPS) is 10.1. The number of rotatable bonds is 4. The van der Waals surface area contributed by atoms with Crippen molar-refractivity contribution >= 4 is 39.3 Å². The Labute approximate surface area is 122 Å². The molecule has 0 aliphatic rings. The summed E-state index contributed by atoms with van der Waals surface area (Å²) in [6.07, 6.45) is 0. The molecule has 1 aromatic carbocycles. The number of aromatic carboxylic acids is 1. The highest BCUT2D eigenvalue weighted by Gasteiger charge is 2.09. The number of nitrogens with zero attached hydrogens (tertiary/aromatic N) is 2. The maximum atomic E-state index is 11.0. The molecule has 2 aromatic rings. The number of hydrogen-bond acceptors (Lipinski definition) is 5. The van der Waals surface area contributed by atoms with Crippen LogP contribution in [0.1, 0.15) is 20.8 Å². The predicted molar refractivity (Wildman–Crippen MR) is 74.9 cm³/mol. The quantitative estimate of drug-likeness (QED) is 0.783. The Kier molecular flexibility index (Phi) is 3.94. The number of aromatic nitrogens is 2. The van der Waals surface area contributed by atoms with Gasteiger partial charge in [0.15, 0.2) is 11.5 Å². The van der Waals surface area contributed by atoms with E-state index in [-0.39, 0.29) is 11.3 Å². The summed E-state index contributed by atoms with van der Waals surface area (Å²) in [4.78, 5) is 21.9. The van der Waals surface area contributed by atoms with E-state index in [0.29, 0.717) is 16.0 Å². The fourth-order valence-corrected chi connectivity index (χ4v) is 1.86. The zero-order valence-electron chi connectivity index (χ0n) is 10.0. The lowest BCUT2D eigenvalue weighted by Gasteiger charge is -2.07. The van der Waals surface area contributed by atoms with Crippen LogP contribution in [0.3, 0.4) is 0 Å². The summed E-state index contributed by atoms with van der Waals surface area (Å²) in [5, 5.41) is 19.3. The first-order chi connectivity index (χ1) is 9.47. The molecule has 2 rings (SSSR count). The molecule has 0 saturated carbocycles. The average molecular weight is 337 g/mol. The Morgan fingerprint density at radius 2 is 1.95 bits per heavy atom. The number of carboxylic acid groups (broad SMARTS) is 1. The Hall–Kier alpha value is -2.48. The van der Waals surface area contributed by atoms with Gasteiger partial charge in [-0.05, 0) is 46.3 Å². The summed E-state index contributed by atoms with van der Waals surface area (Å²) in [6.45, 7) is 0. The lowest BCUT2D eigenvalue weighted by molar-refractivity contribution is 0.0695. The lowest BCUT2D eigenvalue weighted by Crippen LogP contribution is -2.13. The van der Waals surface area contributed by atoms with E-state index < -0.39 is 11.9 Å². The average Bonchev–Trinajstić information content (AvgIpc) is 2.41. The van der Waals surface area contributed by atoms with Crippen LogP contribution in [0.2, 0.25) is 0 Å². The molecule has 0 atom stereocenters. The number of anilines is 2. The minimum atomic E-state index is -1.05. The number of hydrogen-bond donors (Lipinski definition) is 3. The molecular formula is C12H9BrN4O3. The summed E-state index contributed by atoms with van der Waals surface area (Å²) >= 11 is 3.15. The molecule has 0 bridgehead atoms. The Balaban J connectivity index is 2.23. The largest absolute Gasteiger partial charge is 0.478 e. The van der Waals surface area contributed by atoms with E-state index in [4.69, 9.17) is 10.8 Å². The van der Waals surface area contributed by atoms with Crippen LogP contribution in [0.4, 0.5) is 11.5 Å². The first-order valence-electron chi connectivity index (χ1n) is 5.41. The van der Waals surface area contributed by atoms with Gasteiger partial charge in [-0.15, -0.1) is 10.2 Å². The fourth-order valence-electron chi connectivity index (χ4n) is 1.45. The van der Waals surface area contributed by atoms with Gasteiger partial charge in [0, 0.05) is 10.2 Å². The van der Waals surface area contributed by atoms with Gasteiger partial charge in [0.1, 0.15) is 0 Å². The van der Waals surface area contributed by atoms with Gasteiger partial charge in [0.2, 0.25) is 0 Å². The molecular weight excluding hydrogens is 328 g/mol. The first-order valence-corrected chi connectivity index (χ1v) is 6.20. The molecule has 0 spiro atoms. The van der Waals surface area contributed by atoms with Crippen LogP contribution < -0.4 is 11.1 Å². The number of amides is 1. The molecule has 7 nitrogen and oxygen atoms in total. The second kappa shape index (κ2) is 5.66. The number of nitrogens with two attached hydrogens (primary N) is 1. The maximum absolute atomic E-state index is 11.0. The molecule has 0 radical (unpaired) electrons. The van der Waals surface area contributed by atoms with Gasteiger partial charge in [-0.3, -0.25) is 4.79 Å². The van der Waals surface area contributed by atoms with Crippen LogP contribution in [0.5, 0.6) is 0 Å². The number of halogens is 1. The van der Waals surface area contributed by atoms with Crippen LogP contribution >= 0.6 is 15.9 Å². The van der Waals surface area contributed by atoms with Crippen molar-refractivity contribution in [2.24, 2.45) is 5.73 Å². The van der Waals surface area contributed by atoms with Crippen molar-refractivity contribution in [2.45, 2.75) is 0 Å². The zero-order valence-corrected chi connectivity index (χ0v) is 11.6. The molecule has 0 aliphatic heterocycles. The minimum Gasteiger partial charge on any atom is -0.478 e. The molecule has 1 heterocycles.